The summed E-state index contributed by atoms with van der Waals surface area (Å²) in [5.74, 6) is -0.929. The number of benzene rings is 4. The molecule has 0 saturated carbocycles. The molecule has 200 valence electrons. The van der Waals surface area contributed by atoms with Gasteiger partial charge in [0.25, 0.3) is 0 Å². The van der Waals surface area contributed by atoms with Crippen molar-refractivity contribution in [3.05, 3.63) is 125 Å². The zero-order valence-electron chi connectivity index (χ0n) is 23.7. The van der Waals surface area contributed by atoms with Crippen molar-refractivity contribution in [3.8, 4) is 6.07 Å². The fourth-order valence-corrected chi connectivity index (χ4v) is 6.29. The molecule has 1 aliphatic heterocycles. The first-order valence-corrected chi connectivity index (χ1v) is 13.5. The summed E-state index contributed by atoms with van der Waals surface area (Å²) in [6.45, 7) is 14.8. The van der Waals surface area contributed by atoms with E-state index in [2.05, 4.69) is 83.7 Å². The minimum atomic E-state index is -0.929. The van der Waals surface area contributed by atoms with Crippen LogP contribution in [0.1, 0.15) is 44.4 Å². The number of carboxylic acids is 1. The fraction of sp³-hybridized carbons (Fsp3) is 0.222. The van der Waals surface area contributed by atoms with Gasteiger partial charge in [0.15, 0.2) is 0 Å². The van der Waals surface area contributed by atoms with Crippen LogP contribution in [0.15, 0.2) is 108 Å². The molecule has 1 N–H and O–H groups in total. The van der Waals surface area contributed by atoms with E-state index < -0.39 is 16.8 Å². The molecule has 1 aliphatic rings. The number of rotatable bonds is 6. The lowest BCUT2D eigenvalue weighted by Crippen LogP contribution is -2.31. The number of allylic oxidation sites excluding steroid dienone is 5. The van der Waals surface area contributed by atoms with Crippen LogP contribution in [0.25, 0.3) is 21.5 Å². The fourth-order valence-electron chi connectivity index (χ4n) is 6.29. The predicted molar refractivity (Wildman–Crippen MR) is 165 cm³/mol. The number of aliphatic carboxylic acids is 1. The molecule has 4 nitrogen and oxygen atoms in total. The largest absolute Gasteiger partial charge is 0.480 e. The van der Waals surface area contributed by atoms with E-state index in [4.69, 9.17) is 0 Å². The molecule has 40 heavy (non-hydrogen) atoms. The Balaban J connectivity index is 1.63. The van der Waals surface area contributed by atoms with Crippen molar-refractivity contribution >= 4 is 33.2 Å². The Kier molecular flexibility index (Phi) is 6.64. The number of aryl methyl sites for hydroxylation is 1. The SMILES string of the molecule is C=C(/C=C(C#N)/C=C1\N(CC(=O)O)c2ccc3ccccc3c2C1(C)C)C(C)(C)c1c(C)ccc2ccccc12. The Bertz CT molecular complexity index is 1800. The van der Waals surface area contributed by atoms with Crippen LogP contribution in [-0.4, -0.2) is 17.6 Å². The van der Waals surface area contributed by atoms with Gasteiger partial charge in [0.2, 0.25) is 0 Å². The molecule has 1 heterocycles. The number of hydrogen-bond donors (Lipinski definition) is 1. The maximum absolute atomic E-state index is 12.0. The second-order valence-electron chi connectivity index (χ2n) is 11.7. The molecule has 4 heteroatoms. The monoisotopic (exact) mass is 526 g/mol. The standard InChI is InChI=1S/C36H34N2O2/c1-23-15-16-26-11-7-9-13-28(26)33(23)35(3,4)24(2)19-25(21-37)20-31-36(5,6)34-29-14-10-8-12-27(29)17-18-30(34)38(31)22-32(39)40/h7-20H,2,22H2,1,3-6H3,(H,39,40)/b25-19-,31-20-. The van der Waals surface area contributed by atoms with Gasteiger partial charge in [-0.15, -0.1) is 0 Å². The van der Waals surface area contributed by atoms with Crippen LogP contribution in [0.2, 0.25) is 0 Å². The second kappa shape index (κ2) is 9.84. The van der Waals surface area contributed by atoms with Crippen LogP contribution >= 0.6 is 0 Å². The molecule has 0 fully saturated rings. The average Bonchev–Trinajstić information content (AvgIpc) is 3.13. The smallest absolute Gasteiger partial charge is 0.323 e. The Hall–Kier alpha value is -4.62. The third kappa shape index (κ3) is 4.38. The van der Waals surface area contributed by atoms with Crippen molar-refractivity contribution in [2.75, 3.05) is 11.4 Å². The normalized spacial score (nSPS) is 15.8. The van der Waals surface area contributed by atoms with E-state index in [1.54, 1.807) is 0 Å². The lowest BCUT2D eigenvalue weighted by atomic mass is 9.73. The highest BCUT2D eigenvalue weighted by Gasteiger charge is 2.42. The Morgan fingerprint density at radius 3 is 2.25 bits per heavy atom. The van der Waals surface area contributed by atoms with Crippen molar-refractivity contribution < 1.29 is 9.90 Å². The Labute approximate surface area is 236 Å². The molecular formula is C36H34N2O2. The zero-order chi connectivity index (χ0) is 28.8. The number of carbonyl (C=O) groups is 1. The van der Waals surface area contributed by atoms with Crippen LogP contribution in [0.4, 0.5) is 5.69 Å². The summed E-state index contributed by atoms with van der Waals surface area (Å²) in [4.78, 5) is 13.8. The van der Waals surface area contributed by atoms with Gasteiger partial charge in [-0.25, -0.2) is 0 Å². The minimum absolute atomic E-state index is 0.194. The lowest BCUT2D eigenvalue weighted by molar-refractivity contribution is -0.135. The molecule has 0 aliphatic carbocycles. The van der Waals surface area contributed by atoms with Gasteiger partial charge < -0.3 is 10.0 Å². The topological polar surface area (TPSA) is 64.3 Å². The summed E-state index contributed by atoms with van der Waals surface area (Å²) in [6, 6.07) is 27.1. The number of anilines is 1. The molecule has 0 aromatic heterocycles. The Morgan fingerprint density at radius 1 is 1.00 bits per heavy atom. The molecule has 0 unspecified atom stereocenters. The van der Waals surface area contributed by atoms with E-state index in [1.807, 2.05) is 53.5 Å². The van der Waals surface area contributed by atoms with Crippen LogP contribution in [0.5, 0.6) is 0 Å². The van der Waals surface area contributed by atoms with Crippen molar-refractivity contribution in [1.82, 2.24) is 0 Å². The molecular weight excluding hydrogens is 492 g/mol. The van der Waals surface area contributed by atoms with Gasteiger partial charge in [0, 0.05) is 22.2 Å². The summed E-state index contributed by atoms with van der Waals surface area (Å²) in [6.07, 6.45) is 3.69. The van der Waals surface area contributed by atoms with E-state index in [0.29, 0.717) is 5.57 Å². The molecule has 0 radical (unpaired) electrons. The average molecular weight is 527 g/mol. The van der Waals surface area contributed by atoms with Crippen LogP contribution in [0.3, 0.4) is 0 Å². The number of hydrogen-bond acceptors (Lipinski definition) is 3. The van der Waals surface area contributed by atoms with Gasteiger partial charge >= 0.3 is 5.97 Å². The number of carboxylic acid groups (broad SMARTS) is 1. The first kappa shape index (κ1) is 27.0. The van der Waals surface area contributed by atoms with Crippen LogP contribution in [-0.2, 0) is 15.6 Å². The molecule has 5 rings (SSSR count). The molecule has 0 spiro atoms. The molecule has 0 amide bonds. The predicted octanol–water partition coefficient (Wildman–Crippen LogP) is 8.35. The van der Waals surface area contributed by atoms with E-state index >= 15 is 0 Å². The molecule has 0 bridgehead atoms. The molecule has 0 atom stereocenters. The Morgan fingerprint density at radius 2 is 1.60 bits per heavy atom. The third-order valence-electron chi connectivity index (χ3n) is 8.36. The van der Waals surface area contributed by atoms with E-state index in [-0.39, 0.29) is 6.54 Å². The maximum atomic E-state index is 12.0. The van der Waals surface area contributed by atoms with Crippen LogP contribution < -0.4 is 4.90 Å². The highest BCUT2D eigenvalue weighted by Crippen LogP contribution is 2.51. The highest BCUT2D eigenvalue weighted by atomic mass is 16.4. The highest BCUT2D eigenvalue weighted by molar-refractivity contribution is 5.96. The van der Waals surface area contributed by atoms with Crippen LogP contribution in [0, 0.1) is 18.3 Å². The van der Waals surface area contributed by atoms with Gasteiger partial charge in [0.05, 0.1) is 11.6 Å². The van der Waals surface area contributed by atoms with Gasteiger partial charge in [0.1, 0.15) is 6.54 Å². The molecule has 4 aromatic rings. The summed E-state index contributed by atoms with van der Waals surface area (Å²) in [7, 11) is 0. The quantitative estimate of drug-likeness (QED) is 0.203. The third-order valence-corrected chi connectivity index (χ3v) is 8.36. The first-order chi connectivity index (χ1) is 19.0. The van der Waals surface area contributed by atoms with Crippen molar-refractivity contribution in [1.29, 1.82) is 5.26 Å². The van der Waals surface area contributed by atoms with E-state index in [0.717, 1.165) is 38.7 Å². The van der Waals surface area contributed by atoms with Gasteiger partial charge in [-0.3, -0.25) is 4.79 Å². The summed E-state index contributed by atoms with van der Waals surface area (Å²) < 4.78 is 0. The van der Waals surface area contributed by atoms with E-state index in [1.165, 1.54) is 16.5 Å². The molecule has 0 saturated heterocycles. The van der Waals surface area contributed by atoms with E-state index in [9.17, 15) is 15.2 Å². The summed E-state index contributed by atoms with van der Waals surface area (Å²) >= 11 is 0. The number of nitrogens with zero attached hydrogens (tertiary/aromatic N) is 2. The summed E-state index contributed by atoms with van der Waals surface area (Å²) in [5, 5.41) is 24.6. The van der Waals surface area contributed by atoms with Gasteiger partial charge in [-0.05, 0) is 69.0 Å². The molecule has 4 aromatic carbocycles. The van der Waals surface area contributed by atoms with Crippen molar-refractivity contribution in [3.63, 3.8) is 0 Å². The number of nitriles is 1. The minimum Gasteiger partial charge on any atom is -0.480 e. The number of fused-ring (bicyclic) bond motifs is 4. The lowest BCUT2D eigenvalue weighted by Gasteiger charge is -2.30. The first-order valence-electron chi connectivity index (χ1n) is 13.5. The maximum Gasteiger partial charge on any atom is 0.323 e. The second-order valence-corrected chi connectivity index (χ2v) is 11.7. The van der Waals surface area contributed by atoms with Crippen molar-refractivity contribution in [2.24, 2.45) is 0 Å². The van der Waals surface area contributed by atoms with Gasteiger partial charge in [-0.2, -0.15) is 5.26 Å². The van der Waals surface area contributed by atoms with Crippen molar-refractivity contribution in [2.45, 2.75) is 45.4 Å². The summed E-state index contributed by atoms with van der Waals surface area (Å²) in [5.41, 5.74) is 5.34. The van der Waals surface area contributed by atoms with Gasteiger partial charge in [-0.1, -0.05) is 101 Å². The zero-order valence-corrected chi connectivity index (χ0v) is 23.7.